The Morgan fingerprint density at radius 3 is 2.70 bits per heavy atom. The molecule has 2 N–H and O–H groups in total. The summed E-state index contributed by atoms with van der Waals surface area (Å²) in [5, 5.41) is 9.00. The van der Waals surface area contributed by atoms with Gasteiger partial charge in [-0.05, 0) is 37.3 Å². The zero-order valence-electron chi connectivity index (χ0n) is 11.5. The fraction of sp³-hybridized carbons (Fsp3) is 0.615. The first-order valence-corrected chi connectivity index (χ1v) is 8.95. The van der Waals surface area contributed by atoms with Crippen LogP contribution in [0.5, 0.6) is 0 Å². The van der Waals surface area contributed by atoms with Crippen LogP contribution < -0.4 is 4.72 Å². The van der Waals surface area contributed by atoms with E-state index < -0.39 is 16.0 Å². The Morgan fingerprint density at radius 1 is 1.45 bits per heavy atom. The molecule has 112 valence electrons. The van der Waals surface area contributed by atoms with Crippen LogP contribution in [0, 0.1) is 12.8 Å². The molecular weight excluding hydrogens is 298 g/mol. The predicted molar refractivity (Wildman–Crippen MR) is 77.8 cm³/mol. The topological polar surface area (TPSA) is 83.5 Å². The number of aryl methyl sites for hydroxylation is 1. The van der Waals surface area contributed by atoms with E-state index in [1.165, 1.54) is 6.07 Å². The van der Waals surface area contributed by atoms with Crippen molar-refractivity contribution in [2.75, 3.05) is 0 Å². The fourth-order valence-corrected chi connectivity index (χ4v) is 5.29. The number of nitrogens with one attached hydrogen (secondary N) is 1. The number of carbonyl (C=O) groups is 1. The van der Waals surface area contributed by atoms with Gasteiger partial charge in [0, 0.05) is 6.04 Å². The number of carboxylic acid groups (broad SMARTS) is 1. The SMILES string of the molecule is Cc1cc(S(=O)(=O)NC2CCCC(C)C2)sc1C(=O)O. The van der Waals surface area contributed by atoms with Gasteiger partial charge in [-0.2, -0.15) is 0 Å². The van der Waals surface area contributed by atoms with Crippen LogP contribution in [0.2, 0.25) is 0 Å². The summed E-state index contributed by atoms with van der Waals surface area (Å²) in [5.74, 6) is -0.559. The molecule has 1 aliphatic carbocycles. The number of hydrogen-bond acceptors (Lipinski definition) is 4. The molecule has 0 saturated heterocycles. The Kier molecular flexibility index (Phi) is 4.51. The van der Waals surface area contributed by atoms with E-state index >= 15 is 0 Å². The number of sulfonamides is 1. The molecular formula is C13H19NO4S2. The van der Waals surface area contributed by atoms with Gasteiger partial charge in [0.05, 0.1) is 0 Å². The van der Waals surface area contributed by atoms with Crippen molar-refractivity contribution in [1.29, 1.82) is 0 Å². The number of hydrogen-bond donors (Lipinski definition) is 2. The van der Waals surface area contributed by atoms with Crippen LogP contribution in [0.3, 0.4) is 0 Å². The van der Waals surface area contributed by atoms with E-state index in [0.717, 1.165) is 37.0 Å². The molecule has 1 aromatic heterocycles. The second-order valence-electron chi connectivity index (χ2n) is 5.47. The van der Waals surface area contributed by atoms with Crippen molar-refractivity contribution in [3.05, 3.63) is 16.5 Å². The minimum absolute atomic E-state index is 0.0422. The molecule has 7 heteroatoms. The third kappa shape index (κ3) is 3.39. The number of thiophene rings is 1. The molecule has 2 rings (SSSR count). The molecule has 0 radical (unpaired) electrons. The van der Waals surface area contributed by atoms with Crippen LogP contribution >= 0.6 is 11.3 Å². The summed E-state index contributed by atoms with van der Waals surface area (Å²) in [6, 6.07) is 1.39. The standard InChI is InChI=1S/C13H19NO4S2/c1-8-4-3-5-10(6-8)14-20(17,18)11-7-9(2)12(19-11)13(15)16/h7-8,10,14H,3-6H2,1-2H3,(H,15,16). The van der Waals surface area contributed by atoms with Crippen LogP contribution in [0.1, 0.15) is 47.8 Å². The van der Waals surface area contributed by atoms with Gasteiger partial charge in [0.1, 0.15) is 9.09 Å². The van der Waals surface area contributed by atoms with Crippen LogP contribution in [0.4, 0.5) is 0 Å². The average molecular weight is 317 g/mol. The Morgan fingerprint density at radius 2 is 2.15 bits per heavy atom. The molecule has 0 aliphatic heterocycles. The van der Waals surface area contributed by atoms with E-state index in [-0.39, 0.29) is 15.1 Å². The van der Waals surface area contributed by atoms with Crippen molar-refractivity contribution in [2.24, 2.45) is 5.92 Å². The number of aromatic carboxylic acids is 1. The normalized spacial score (nSPS) is 23.7. The van der Waals surface area contributed by atoms with Gasteiger partial charge < -0.3 is 5.11 Å². The molecule has 0 spiro atoms. The Balaban J connectivity index is 2.18. The zero-order valence-corrected chi connectivity index (χ0v) is 13.2. The summed E-state index contributed by atoms with van der Waals surface area (Å²) in [6.45, 7) is 3.74. The minimum Gasteiger partial charge on any atom is -0.477 e. The van der Waals surface area contributed by atoms with Gasteiger partial charge in [-0.3, -0.25) is 0 Å². The summed E-state index contributed by atoms with van der Waals surface area (Å²) in [7, 11) is -3.61. The third-order valence-electron chi connectivity index (χ3n) is 3.61. The third-order valence-corrected chi connectivity index (χ3v) is 6.83. The Bertz CT molecular complexity index is 606. The maximum atomic E-state index is 12.3. The number of carboxylic acids is 1. The lowest BCUT2D eigenvalue weighted by Crippen LogP contribution is -2.37. The van der Waals surface area contributed by atoms with E-state index in [4.69, 9.17) is 5.11 Å². The molecule has 1 saturated carbocycles. The van der Waals surface area contributed by atoms with Crippen LogP contribution in [-0.4, -0.2) is 25.5 Å². The summed E-state index contributed by atoms with van der Waals surface area (Å²) >= 11 is 0.814. The highest BCUT2D eigenvalue weighted by atomic mass is 32.2. The quantitative estimate of drug-likeness (QED) is 0.894. The van der Waals surface area contributed by atoms with Gasteiger partial charge in [0.25, 0.3) is 0 Å². The summed E-state index contributed by atoms with van der Waals surface area (Å²) < 4.78 is 27.4. The molecule has 2 unspecified atom stereocenters. The lowest BCUT2D eigenvalue weighted by Gasteiger charge is -2.26. The van der Waals surface area contributed by atoms with E-state index in [0.29, 0.717) is 11.5 Å². The fourth-order valence-electron chi connectivity index (χ4n) is 2.62. The zero-order chi connectivity index (χ0) is 14.9. The molecule has 5 nitrogen and oxygen atoms in total. The van der Waals surface area contributed by atoms with E-state index in [2.05, 4.69) is 11.6 Å². The van der Waals surface area contributed by atoms with Crippen molar-refractivity contribution in [2.45, 2.75) is 49.8 Å². The van der Waals surface area contributed by atoms with Gasteiger partial charge in [-0.1, -0.05) is 19.8 Å². The van der Waals surface area contributed by atoms with Gasteiger partial charge in [0.15, 0.2) is 0 Å². The summed E-state index contributed by atoms with van der Waals surface area (Å²) in [5.41, 5.74) is 0.486. The molecule has 1 heterocycles. The molecule has 1 fully saturated rings. The molecule has 20 heavy (non-hydrogen) atoms. The highest BCUT2D eigenvalue weighted by molar-refractivity contribution is 7.91. The van der Waals surface area contributed by atoms with Gasteiger partial charge in [0.2, 0.25) is 10.0 Å². The first kappa shape index (κ1) is 15.5. The van der Waals surface area contributed by atoms with E-state index in [1.54, 1.807) is 6.92 Å². The van der Waals surface area contributed by atoms with Crippen LogP contribution in [-0.2, 0) is 10.0 Å². The average Bonchev–Trinajstić information content (AvgIpc) is 2.71. The smallest absolute Gasteiger partial charge is 0.346 e. The maximum absolute atomic E-state index is 12.3. The van der Waals surface area contributed by atoms with Crippen LogP contribution in [0.25, 0.3) is 0 Å². The first-order valence-electron chi connectivity index (χ1n) is 6.65. The van der Waals surface area contributed by atoms with Crippen molar-refractivity contribution in [1.82, 2.24) is 4.72 Å². The van der Waals surface area contributed by atoms with Crippen molar-refractivity contribution in [3.63, 3.8) is 0 Å². The Labute approximate surface area is 123 Å². The number of rotatable bonds is 4. The minimum atomic E-state index is -3.61. The monoisotopic (exact) mass is 317 g/mol. The largest absolute Gasteiger partial charge is 0.477 e. The van der Waals surface area contributed by atoms with Gasteiger partial charge >= 0.3 is 5.97 Å². The van der Waals surface area contributed by atoms with Crippen molar-refractivity contribution < 1.29 is 18.3 Å². The molecule has 1 aromatic rings. The second kappa shape index (κ2) is 5.83. The molecule has 0 amide bonds. The molecule has 0 bridgehead atoms. The van der Waals surface area contributed by atoms with E-state index in [9.17, 15) is 13.2 Å². The summed E-state index contributed by atoms with van der Waals surface area (Å²) in [6.07, 6.45) is 3.85. The predicted octanol–water partition coefficient (Wildman–Crippen LogP) is 2.61. The maximum Gasteiger partial charge on any atom is 0.346 e. The summed E-state index contributed by atoms with van der Waals surface area (Å²) in [4.78, 5) is 11.1. The van der Waals surface area contributed by atoms with Crippen LogP contribution in [0.15, 0.2) is 10.3 Å². The highest BCUT2D eigenvalue weighted by Crippen LogP contribution is 2.28. The van der Waals surface area contributed by atoms with Gasteiger partial charge in [-0.15, -0.1) is 11.3 Å². The van der Waals surface area contributed by atoms with Crippen molar-refractivity contribution in [3.8, 4) is 0 Å². The van der Waals surface area contributed by atoms with Gasteiger partial charge in [-0.25, -0.2) is 17.9 Å². The molecule has 0 aromatic carbocycles. The molecule has 2 atom stereocenters. The Hall–Kier alpha value is -0.920. The lowest BCUT2D eigenvalue weighted by atomic mass is 9.88. The van der Waals surface area contributed by atoms with Crippen molar-refractivity contribution >= 4 is 27.3 Å². The second-order valence-corrected chi connectivity index (χ2v) is 8.47. The molecule has 1 aliphatic rings. The lowest BCUT2D eigenvalue weighted by molar-refractivity contribution is 0.0701. The first-order chi connectivity index (χ1) is 9.29. The van der Waals surface area contributed by atoms with E-state index in [1.807, 2.05) is 0 Å². The highest BCUT2D eigenvalue weighted by Gasteiger charge is 2.27.